The molecule has 106 valence electrons. The first-order chi connectivity index (χ1) is 10.1. The molecule has 21 heavy (non-hydrogen) atoms. The zero-order valence-corrected chi connectivity index (χ0v) is 13.2. The lowest BCUT2D eigenvalue weighted by molar-refractivity contribution is 0.338. The minimum Gasteiger partial charge on any atom is -0.207 e. The van der Waals surface area contributed by atoms with Crippen LogP contribution < -0.4 is 0 Å². The van der Waals surface area contributed by atoms with Crippen LogP contribution >= 0.6 is 15.9 Å². The summed E-state index contributed by atoms with van der Waals surface area (Å²) in [6.45, 7) is 0. The van der Waals surface area contributed by atoms with Crippen molar-refractivity contribution < 1.29 is 4.39 Å². The Balaban J connectivity index is 1.93. The van der Waals surface area contributed by atoms with Gasteiger partial charge < -0.3 is 0 Å². The van der Waals surface area contributed by atoms with Crippen molar-refractivity contribution >= 4 is 15.9 Å². The highest BCUT2D eigenvalue weighted by Gasteiger charge is 2.35. The van der Waals surface area contributed by atoms with Gasteiger partial charge in [0.1, 0.15) is 5.82 Å². The fourth-order valence-electron chi connectivity index (χ4n) is 3.13. The Labute approximate surface area is 132 Å². The van der Waals surface area contributed by atoms with Gasteiger partial charge in [-0.05, 0) is 60.6 Å². The number of aryl methyl sites for hydroxylation is 1. The average Bonchev–Trinajstić information content (AvgIpc) is 2.51. The smallest absolute Gasteiger partial charge is 0.123 e. The molecular formula is C18H15BrFN. The third-order valence-corrected chi connectivity index (χ3v) is 5.07. The molecule has 0 radical (unpaired) electrons. The van der Waals surface area contributed by atoms with Crippen LogP contribution in [-0.2, 0) is 19.3 Å². The van der Waals surface area contributed by atoms with Crippen LogP contribution in [0, 0.1) is 22.6 Å². The van der Waals surface area contributed by atoms with Gasteiger partial charge in [0.2, 0.25) is 0 Å². The number of rotatable bonds is 2. The van der Waals surface area contributed by atoms with E-state index in [0.29, 0.717) is 6.42 Å². The summed E-state index contributed by atoms with van der Waals surface area (Å²) in [6.07, 6.45) is 3.05. The van der Waals surface area contributed by atoms with Crippen molar-refractivity contribution in [3.63, 3.8) is 0 Å². The molecule has 0 N–H and O–H groups in total. The van der Waals surface area contributed by atoms with Crippen LogP contribution in [0.15, 0.2) is 46.9 Å². The van der Waals surface area contributed by atoms with Crippen molar-refractivity contribution in [3.05, 3.63) is 69.4 Å². The van der Waals surface area contributed by atoms with Gasteiger partial charge in [-0.1, -0.05) is 40.2 Å². The zero-order chi connectivity index (χ0) is 14.9. The molecule has 3 heteroatoms. The summed E-state index contributed by atoms with van der Waals surface area (Å²) < 4.78 is 14.3. The second-order valence-electron chi connectivity index (χ2n) is 5.75. The van der Waals surface area contributed by atoms with E-state index in [4.69, 9.17) is 0 Å². The molecule has 1 aliphatic rings. The normalized spacial score (nSPS) is 20.6. The molecule has 2 aromatic carbocycles. The molecule has 0 heterocycles. The van der Waals surface area contributed by atoms with E-state index in [1.807, 2.05) is 12.1 Å². The quantitative estimate of drug-likeness (QED) is 0.766. The van der Waals surface area contributed by atoms with Crippen LogP contribution in [0.1, 0.15) is 23.1 Å². The van der Waals surface area contributed by atoms with E-state index in [-0.39, 0.29) is 5.82 Å². The minimum atomic E-state index is -0.440. The molecule has 1 atom stereocenters. The number of nitriles is 1. The molecule has 0 spiro atoms. The van der Waals surface area contributed by atoms with E-state index in [2.05, 4.69) is 34.1 Å². The van der Waals surface area contributed by atoms with Crippen LogP contribution in [-0.4, -0.2) is 0 Å². The molecule has 1 unspecified atom stereocenters. The lowest BCUT2D eigenvalue weighted by Gasteiger charge is -2.32. The average molecular weight is 344 g/mol. The van der Waals surface area contributed by atoms with Crippen molar-refractivity contribution in [2.24, 2.45) is 5.41 Å². The molecule has 0 fully saturated rings. The molecule has 2 aromatic rings. The first-order valence-corrected chi connectivity index (χ1v) is 7.83. The highest BCUT2D eigenvalue weighted by molar-refractivity contribution is 9.10. The van der Waals surface area contributed by atoms with Crippen LogP contribution in [0.2, 0.25) is 0 Å². The fourth-order valence-corrected chi connectivity index (χ4v) is 3.52. The standard InChI is InChI=1S/C18H15BrFN/c19-17-6-5-16(20)9-15(17)11-18(12-21)8-7-13-3-1-2-4-14(13)10-18/h1-6,9H,7-8,10-11H2. The summed E-state index contributed by atoms with van der Waals surface area (Å²) in [5.41, 5.74) is 3.01. The predicted octanol–water partition coefficient (Wildman–Crippen LogP) is 4.83. The number of hydrogen-bond donors (Lipinski definition) is 0. The highest BCUT2D eigenvalue weighted by Crippen LogP contribution is 2.39. The number of halogens is 2. The number of hydrogen-bond acceptors (Lipinski definition) is 1. The molecule has 0 saturated heterocycles. The van der Waals surface area contributed by atoms with Gasteiger partial charge in [-0.3, -0.25) is 0 Å². The topological polar surface area (TPSA) is 23.8 Å². The number of benzene rings is 2. The van der Waals surface area contributed by atoms with Crippen LogP contribution in [0.5, 0.6) is 0 Å². The lowest BCUT2D eigenvalue weighted by Crippen LogP contribution is -2.30. The predicted molar refractivity (Wildman–Crippen MR) is 84.3 cm³/mol. The van der Waals surface area contributed by atoms with Gasteiger partial charge in [0.25, 0.3) is 0 Å². The first-order valence-electron chi connectivity index (χ1n) is 7.04. The maximum atomic E-state index is 13.5. The monoisotopic (exact) mass is 343 g/mol. The molecule has 0 bridgehead atoms. The first kappa shape index (κ1) is 14.3. The third-order valence-electron chi connectivity index (χ3n) is 4.29. The Bertz CT molecular complexity index is 719. The van der Waals surface area contributed by atoms with E-state index in [9.17, 15) is 9.65 Å². The maximum Gasteiger partial charge on any atom is 0.123 e. The molecule has 1 nitrogen and oxygen atoms in total. The Morgan fingerprint density at radius 1 is 1.19 bits per heavy atom. The van der Waals surface area contributed by atoms with Gasteiger partial charge in [0, 0.05) is 4.47 Å². The van der Waals surface area contributed by atoms with Crippen LogP contribution in [0.3, 0.4) is 0 Å². The Kier molecular flexibility index (Phi) is 3.82. The van der Waals surface area contributed by atoms with Gasteiger partial charge >= 0.3 is 0 Å². The number of nitrogens with zero attached hydrogens (tertiary/aromatic N) is 1. The van der Waals surface area contributed by atoms with Crippen molar-refractivity contribution in [2.75, 3.05) is 0 Å². The molecule has 3 rings (SSSR count). The highest BCUT2D eigenvalue weighted by atomic mass is 79.9. The van der Waals surface area contributed by atoms with E-state index in [1.165, 1.54) is 23.3 Å². The van der Waals surface area contributed by atoms with Gasteiger partial charge in [0.05, 0.1) is 11.5 Å². The summed E-state index contributed by atoms with van der Waals surface area (Å²) in [6, 6.07) is 15.5. The van der Waals surface area contributed by atoms with Crippen molar-refractivity contribution in [1.82, 2.24) is 0 Å². The second kappa shape index (κ2) is 5.61. The Morgan fingerprint density at radius 2 is 1.95 bits per heavy atom. The van der Waals surface area contributed by atoms with Gasteiger partial charge in [-0.2, -0.15) is 5.26 Å². The third kappa shape index (κ3) is 2.87. The zero-order valence-electron chi connectivity index (χ0n) is 11.6. The fraction of sp³-hybridized carbons (Fsp3) is 0.278. The molecular weight excluding hydrogens is 329 g/mol. The molecule has 0 aromatic heterocycles. The van der Waals surface area contributed by atoms with Gasteiger partial charge in [-0.15, -0.1) is 0 Å². The van der Waals surface area contributed by atoms with E-state index < -0.39 is 5.41 Å². The van der Waals surface area contributed by atoms with Gasteiger partial charge in [-0.25, -0.2) is 4.39 Å². The SMILES string of the molecule is N#CC1(Cc2cc(F)ccc2Br)CCc2ccccc2C1. The minimum absolute atomic E-state index is 0.252. The second-order valence-corrected chi connectivity index (χ2v) is 6.60. The summed E-state index contributed by atoms with van der Waals surface area (Å²) in [4.78, 5) is 0. The van der Waals surface area contributed by atoms with Crippen molar-refractivity contribution in [2.45, 2.75) is 25.7 Å². The van der Waals surface area contributed by atoms with Crippen molar-refractivity contribution in [1.29, 1.82) is 5.26 Å². The van der Waals surface area contributed by atoms with E-state index in [0.717, 1.165) is 29.3 Å². The lowest BCUT2D eigenvalue weighted by atomic mass is 9.69. The largest absolute Gasteiger partial charge is 0.207 e. The molecule has 1 aliphatic carbocycles. The number of fused-ring (bicyclic) bond motifs is 1. The van der Waals surface area contributed by atoms with Gasteiger partial charge in [0.15, 0.2) is 0 Å². The Hall–Kier alpha value is -1.66. The summed E-state index contributed by atoms with van der Waals surface area (Å²) in [5, 5.41) is 9.73. The Morgan fingerprint density at radius 3 is 2.71 bits per heavy atom. The van der Waals surface area contributed by atoms with E-state index in [1.54, 1.807) is 6.07 Å². The summed E-state index contributed by atoms with van der Waals surface area (Å²) in [7, 11) is 0. The van der Waals surface area contributed by atoms with Crippen LogP contribution in [0.4, 0.5) is 4.39 Å². The molecule has 0 saturated carbocycles. The van der Waals surface area contributed by atoms with Crippen LogP contribution in [0.25, 0.3) is 0 Å². The molecule has 0 amide bonds. The van der Waals surface area contributed by atoms with Crippen molar-refractivity contribution in [3.8, 4) is 6.07 Å². The van der Waals surface area contributed by atoms with E-state index >= 15 is 0 Å². The molecule has 0 aliphatic heterocycles. The summed E-state index contributed by atoms with van der Waals surface area (Å²) in [5.74, 6) is -0.252. The maximum absolute atomic E-state index is 13.5. The summed E-state index contributed by atoms with van der Waals surface area (Å²) >= 11 is 3.47.